The van der Waals surface area contributed by atoms with Crippen LogP contribution in [-0.4, -0.2) is 31.9 Å². The van der Waals surface area contributed by atoms with Crippen LogP contribution in [0.2, 0.25) is 0 Å². The van der Waals surface area contributed by atoms with Gasteiger partial charge in [0.25, 0.3) is 0 Å². The van der Waals surface area contributed by atoms with Crippen molar-refractivity contribution in [3.05, 3.63) is 95.6 Å². The highest BCUT2D eigenvalue weighted by Crippen LogP contribution is 2.26. The van der Waals surface area contributed by atoms with E-state index in [1.54, 1.807) is 44.7 Å². The van der Waals surface area contributed by atoms with Gasteiger partial charge in [-0.3, -0.25) is 4.79 Å². The molecule has 0 aliphatic carbocycles. The van der Waals surface area contributed by atoms with Crippen LogP contribution >= 0.6 is 0 Å². The minimum Gasteiger partial charge on any atom is -0.493 e. The van der Waals surface area contributed by atoms with Gasteiger partial charge in [0.1, 0.15) is 5.71 Å². The number of nitrogens with zero attached hydrogens (tertiary/aromatic N) is 2. The lowest BCUT2D eigenvalue weighted by Gasteiger charge is -2.07. The molecule has 3 aromatic rings. The van der Waals surface area contributed by atoms with Crippen LogP contribution in [0, 0.1) is 0 Å². The maximum Gasteiger partial charge on any atom is 0.213 e. The number of ketones is 1. The number of hydrogen-bond acceptors (Lipinski definition) is 5. The van der Waals surface area contributed by atoms with Crippen molar-refractivity contribution in [1.29, 1.82) is 0 Å². The molecule has 28 heavy (non-hydrogen) atoms. The molecule has 0 unspecified atom stereocenters. The van der Waals surface area contributed by atoms with E-state index in [1.807, 2.05) is 54.6 Å². The first-order chi connectivity index (χ1) is 13.7. The van der Waals surface area contributed by atoms with Crippen LogP contribution in [0.1, 0.15) is 21.5 Å². The molecule has 0 saturated carbocycles. The van der Waals surface area contributed by atoms with Gasteiger partial charge in [-0.15, -0.1) is 5.10 Å². The number of ether oxygens (including phenoxy) is 2. The maximum atomic E-state index is 12.9. The van der Waals surface area contributed by atoms with Gasteiger partial charge in [-0.1, -0.05) is 60.7 Å². The van der Waals surface area contributed by atoms with Gasteiger partial charge >= 0.3 is 0 Å². The molecule has 5 heteroatoms. The standard InChI is InChI=1S/C23H20N2O3/c1-27-20-14-13-17(15-21(20)28-2)16-24-25-22(18-9-5-3-6-10-18)23(26)19-11-7-4-8-12-19/h3-16H,1-2H3. The van der Waals surface area contributed by atoms with Crippen molar-refractivity contribution in [2.45, 2.75) is 0 Å². The Morgan fingerprint density at radius 2 is 1.39 bits per heavy atom. The minimum absolute atomic E-state index is 0.184. The first-order valence-corrected chi connectivity index (χ1v) is 8.71. The third kappa shape index (κ3) is 4.51. The fourth-order valence-electron chi connectivity index (χ4n) is 2.64. The Morgan fingerprint density at radius 1 is 0.786 bits per heavy atom. The molecule has 0 atom stereocenters. The Hall–Kier alpha value is -3.73. The van der Waals surface area contributed by atoms with Crippen molar-refractivity contribution in [2.75, 3.05) is 14.2 Å². The third-order valence-corrected chi connectivity index (χ3v) is 4.07. The van der Waals surface area contributed by atoms with Gasteiger partial charge in [-0.25, -0.2) is 0 Å². The van der Waals surface area contributed by atoms with E-state index in [4.69, 9.17) is 9.47 Å². The van der Waals surface area contributed by atoms with E-state index in [0.717, 1.165) is 5.56 Å². The summed E-state index contributed by atoms with van der Waals surface area (Å²) in [5.41, 5.74) is 2.33. The summed E-state index contributed by atoms with van der Waals surface area (Å²) in [6.07, 6.45) is 1.57. The number of benzene rings is 3. The molecule has 0 aliphatic heterocycles. The number of hydrogen-bond donors (Lipinski definition) is 0. The molecule has 3 aromatic carbocycles. The van der Waals surface area contributed by atoms with Crippen LogP contribution in [0.3, 0.4) is 0 Å². The number of methoxy groups -OCH3 is 2. The van der Waals surface area contributed by atoms with Gasteiger partial charge in [0, 0.05) is 11.1 Å². The maximum absolute atomic E-state index is 12.9. The normalized spacial score (nSPS) is 11.4. The number of Topliss-reactive ketones (excluding diaryl/α,β-unsaturated/α-hetero) is 1. The van der Waals surface area contributed by atoms with E-state index in [9.17, 15) is 4.79 Å². The molecular weight excluding hydrogens is 352 g/mol. The Kier molecular flexibility index (Phi) is 6.31. The summed E-state index contributed by atoms with van der Waals surface area (Å²) in [6, 6.07) is 23.7. The Balaban J connectivity index is 1.94. The zero-order valence-electron chi connectivity index (χ0n) is 15.7. The van der Waals surface area contributed by atoms with Crippen LogP contribution in [-0.2, 0) is 0 Å². The summed E-state index contributed by atoms with van der Waals surface area (Å²) in [5, 5.41) is 8.37. The van der Waals surface area contributed by atoms with E-state index in [0.29, 0.717) is 22.6 Å². The zero-order valence-corrected chi connectivity index (χ0v) is 15.7. The molecule has 0 aromatic heterocycles. The first-order valence-electron chi connectivity index (χ1n) is 8.71. The van der Waals surface area contributed by atoms with Crippen molar-refractivity contribution in [2.24, 2.45) is 10.2 Å². The lowest BCUT2D eigenvalue weighted by atomic mass is 10.0. The Labute approximate surface area is 164 Å². The molecule has 0 fully saturated rings. The predicted molar refractivity (Wildman–Crippen MR) is 111 cm³/mol. The van der Waals surface area contributed by atoms with Crippen LogP contribution in [0.4, 0.5) is 0 Å². The van der Waals surface area contributed by atoms with Gasteiger partial charge in [0.15, 0.2) is 11.5 Å². The SMILES string of the molecule is COc1ccc(C=NN=C(C(=O)c2ccccc2)c2ccccc2)cc1OC. The van der Waals surface area contributed by atoms with Gasteiger partial charge in [0.05, 0.1) is 20.4 Å². The van der Waals surface area contributed by atoms with E-state index >= 15 is 0 Å². The fourth-order valence-corrected chi connectivity index (χ4v) is 2.64. The van der Waals surface area contributed by atoms with E-state index in [-0.39, 0.29) is 11.5 Å². The predicted octanol–water partition coefficient (Wildman–Crippen LogP) is 4.41. The van der Waals surface area contributed by atoms with Crippen molar-refractivity contribution in [1.82, 2.24) is 0 Å². The molecule has 0 heterocycles. The molecule has 0 aliphatic rings. The Bertz CT molecular complexity index is 997. The lowest BCUT2D eigenvalue weighted by molar-refractivity contribution is 0.106. The molecule has 0 amide bonds. The van der Waals surface area contributed by atoms with Crippen LogP contribution in [0.25, 0.3) is 0 Å². The quantitative estimate of drug-likeness (QED) is 0.351. The van der Waals surface area contributed by atoms with Gasteiger partial charge in [0.2, 0.25) is 5.78 Å². The van der Waals surface area contributed by atoms with Crippen molar-refractivity contribution in [3.63, 3.8) is 0 Å². The van der Waals surface area contributed by atoms with Crippen LogP contribution < -0.4 is 9.47 Å². The molecule has 140 valence electrons. The highest BCUT2D eigenvalue weighted by atomic mass is 16.5. The van der Waals surface area contributed by atoms with Crippen molar-refractivity contribution < 1.29 is 14.3 Å². The second kappa shape index (κ2) is 9.28. The average Bonchev–Trinajstić information content (AvgIpc) is 2.77. The number of carbonyl (C=O) groups excluding carboxylic acids is 1. The van der Waals surface area contributed by atoms with Crippen LogP contribution in [0.5, 0.6) is 11.5 Å². The van der Waals surface area contributed by atoms with Crippen LogP contribution in [0.15, 0.2) is 89.1 Å². The number of carbonyl (C=O) groups is 1. The largest absolute Gasteiger partial charge is 0.493 e. The molecule has 3 rings (SSSR count). The minimum atomic E-state index is -0.184. The summed E-state index contributed by atoms with van der Waals surface area (Å²) in [5.74, 6) is 1.04. The monoisotopic (exact) mass is 372 g/mol. The van der Waals surface area contributed by atoms with Gasteiger partial charge in [-0.2, -0.15) is 5.10 Å². The molecule has 0 saturated heterocycles. The molecule has 0 bridgehead atoms. The fraction of sp³-hybridized carbons (Fsp3) is 0.0870. The summed E-state index contributed by atoms with van der Waals surface area (Å²) < 4.78 is 10.5. The second-order valence-corrected chi connectivity index (χ2v) is 5.87. The van der Waals surface area contributed by atoms with Crippen molar-refractivity contribution >= 4 is 17.7 Å². The third-order valence-electron chi connectivity index (χ3n) is 4.07. The smallest absolute Gasteiger partial charge is 0.213 e. The molecule has 0 spiro atoms. The zero-order chi connectivity index (χ0) is 19.8. The second-order valence-electron chi connectivity index (χ2n) is 5.87. The molecule has 0 N–H and O–H groups in total. The van der Waals surface area contributed by atoms with E-state index < -0.39 is 0 Å². The average molecular weight is 372 g/mol. The highest BCUT2D eigenvalue weighted by molar-refractivity contribution is 6.51. The van der Waals surface area contributed by atoms with Gasteiger partial charge in [-0.05, 0) is 23.8 Å². The Morgan fingerprint density at radius 3 is 2.00 bits per heavy atom. The van der Waals surface area contributed by atoms with E-state index in [2.05, 4.69) is 10.2 Å². The summed E-state index contributed by atoms with van der Waals surface area (Å²) in [6.45, 7) is 0. The summed E-state index contributed by atoms with van der Waals surface area (Å²) in [4.78, 5) is 12.9. The first kappa shape index (κ1) is 19.0. The van der Waals surface area contributed by atoms with Crippen molar-refractivity contribution in [3.8, 4) is 11.5 Å². The lowest BCUT2D eigenvalue weighted by Crippen LogP contribution is -2.15. The van der Waals surface area contributed by atoms with E-state index in [1.165, 1.54) is 0 Å². The van der Waals surface area contributed by atoms with Gasteiger partial charge < -0.3 is 9.47 Å². The number of rotatable bonds is 7. The summed E-state index contributed by atoms with van der Waals surface area (Å²) in [7, 11) is 3.15. The molecule has 5 nitrogen and oxygen atoms in total. The summed E-state index contributed by atoms with van der Waals surface area (Å²) >= 11 is 0. The molecular formula is C23H20N2O3. The topological polar surface area (TPSA) is 60.2 Å². The molecule has 0 radical (unpaired) electrons. The highest BCUT2D eigenvalue weighted by Gasteiger charge is 2.16.